The number of carboxylic acid groups (broad SMARTS) is 1. The third-order valence-electron chi connectivity index (χ3n) is 1.56. The highest BCUT2D eigenvalue weighted by atomic mass is 17.1. The average molecular weight is 218 g/mol. The highest BCUT2D eigenvalue weighted by Gasteiger charge is 2.19. The normalized spacial score (nSPS) is 9.53. The third kappa shape index (κ3) is 2.07. The molecule has 4 N–H and O–H groups in total. The van der Waals surface area contributed by atoms with E-state index in [2.05, 4.69) is 14.7 Å². The van der Waals surface area contributed by atoms with Gasteiger partial charge < -0.3 is 19.8 Å². The van der Waals surface area contributed by atoms with Gasteiger partial charge in [-0.05, 0) is 0 Å². The maximum absolute atomic E-state index is 10.6. The number of benzene rings is 1. The molecule has 0 aliphatic carbocycles. The first-order valence-electron chi connectivity index (χ1n) is 3.49. The van der Waals surface area contributed by atoms with Gasteiger partial charge in [-0.25, -0.2) is 20.6 Å². The predicted octanol–water partition coefficient (Wildman–Crippen LogP) is 0.940. The molecular formula is C7H6O8. The minimum Gasteiger partial charge on any atom is -0.478 e. The summed E-state index contributed by atoms with van der Waals surface area (Å²) in [6.07, 6.45) is 0. The Morgan fingerprint density at radius 1 is 1.00 bits per heavy atom. The molecule has 0 aromatic heterocycles. The summed E-state index contributed by atoms with van der Waals surface area (Å²) in [6.45, 7) is 0. The summed E-state index contributed by atoms with van der Waals surface area (Å²) in [7, 11) is 0. The van der Waals surface area contributed by atoms with E-state index in [0.717, 1.165) is 12.1 Å². The van der Waals surface area contributed by atoms with E-state index in [4.69, 9.17) is 20.9 Å². The molecule has 0 spiro atoms. The zero-order chi connectivity index (χ0) is 11.4. The summed E-state index contributed by atoms with van der Waals surface area (Å²) in [5, 5.41) is 33.7. The molecule has 8 nitrogen and oxygen atoms in total. The smallest absolute Gasteiger partial charge is 0.335 e. The molecule has 0 saturated carbocycles. The lowest BCUT2D eigenvalue weighted by molar-refractivity contribution is -0.178. The van der Waals surface area contributed by atoms with Crippen LogP contribution in [0.1, 0.15) is 10.4 Å². The van der Waals surface area contributed by atoms with Crippen molar-refractivity contribution < 1.29 is 40.3 Å². The van der Waals surface area contributed by atoms with E-state index < -0.39 is 23.2 Å². The second-order valence-electron chi connectivity index (χ2n) is 2.38. The zero-order valence-corrected chi connectivity index (χ0v) is 7.08. The van der Waals surface area contributed by atoms with Gasteiger partial charge in [-0.15, -0.1) is 0 Å². The lowest BCUT2D eigenvalue weighted by Crippen LogP contribution is -2.01. The van der Waals surface area contributed by atoms with E-state index in [9.17, 15) is 4.79 Å². The molecule has 0 aliphatic heterocycles. The van der Waals surface area contributed by atoms with Gasteiger partial charge in [-0.3, -0.25) is 0 Å². The van der Waals surface area contributed by atoms with Gasteiger partial charge in [-0.2, -0.15) is 0 Å². The Labute approximate surface area is 82.3 Å². The lowest BCUT2D eigenvalue weighted by atomic mass is 10.2. The number of carboxylic acids is 1. The first-order chi connectivity index (χ1) is 7.13. The van der Waals surface area contributed by atoms with Crippen molar-refractivity contribution >= 4 is 5.97 Å². The van der Waals surface area contributed by atoms with Crippen molar-refractivity contribution in [2.45, 2.75) is 0 Å². The maximum Gasteiger partial charge on any atom is 0.335 e. The quantitative estimate of drug-likeness (QED) is 0.434. The standard InChI is InChI=1S/C7H6O8/c8-7(9)3-1-4(13-10)6(15-12)5(2-3)14-11/h1-2,10-12H,(H,8,9). The van der Waals surface area contributed by atoms with Crippen LogP contribution in [0.3, 0.4) is 0 Å². The first kappa shape index (κ1) is 11.0. The molecule has 0 unspecified atom stereocenters. The van der Waals surface area contributed by atoms with E-state index >= 15 is 0 Å². The van der Waals surface area contributed by atoms with Gasteiger partial charge in [-0.1, -0.05) is 0 Å². The Hall–Kier alpha value is -2.03. The van der Waals surface area contributed by atoms with E-state index in [0.29, 0.717) is 0 Å². The van der Waals surface area contributed by atoms with Gasteiger partial charge in [0.1, 0.15) is 0 Å². The van der Waals surface area contributed by atoms with Crippen LogP contribution < -0.4 is 14.7 Å². The lowest BCUT2D eigenvalue weighted by Gasteiger charge is -2.07. The van der Waals surface area contributed by atoms with Crippen molar-refractivity contribution in [2.24, 2.45) is 0 Å². The van der Waals surface area contributed by atoms with Crippen molar-refractivity contribution in [1.82, 2.24) is 0 Å². The van der Waals surface area contributed by atoms with Crippen LogP contribution >= 0.6 is 0 Å². The van der Waals surface area contributed by atoms with Gasteiger partial charge in [0, 0.05) is 12.1 Å². The Kier molecular flexibility index (Phi) is 3.29. The molecule has 0 atom stereocenters. The van der Waals surface area contributed by atoms with Crippen molar-refractivity contribution in [3.8, 4) is 17.2 Å². The predicted molar refractivity (Wildman–Crippen MR) is 43.2 cm³/mol. The molecule has 0 heterocycles. The second-order valence-corrected chi connectivity index (χ2v) is 2.38. The fourth-order valence-corrected chi connectivity index (χ4v) is 0.926. The molecule has 1 rings (SSSR count). The van der Waals surface area contributed by atoms with E-state index in [1.165, 1.54) is 0 Å². The van der Waals surface area contributed by atoms with Crippen LogP contribution in [0.4, 0.5) is 0 Å². The summed E-state index contributed by atoms with van der Waals surface area (Å²) < 4.78 is 0. The summed E-state index contributed by atoms with van der Waals surface area (Å²) in [6, 6.07) is 1.72. The third-order valence-corrected chi connectivity index (χ3v) is 1.56. The SMILES string of the molecule is O=C(O)c1cc(OO)c(OO)c(OO)c1. The highest BCUT2D eigenvalue weighted by Crippen LogP contribution is 2.37. The summed E-state index contributed by atoms with van der Waals surface area (Å²) in [4.78, 5) is 21.7. The van der Waals surface area contributed by atoms with E-state index in [1.54, 1.807) is 0 Å². The van der Waals surface area contributed by atoms with Crippen molar-refractivity contribution in [3.63, 3.8) is 0 Å². The molecule has 0 aliphatic rings. The molecule has 15 heavy (non-hydrogen) atoms. The van der Waals surface area contributed by atoms with Gasteiger partial charge >= 0.3 is 5.97 Å². The van der Waals surface area contributed by atoms with Crippen LogP contribution in [0.25, 0.3) is 0 Å². The van der Waals surface area contributed by atoms with Crippen LogP contribution in [0.5, 0.6) is 17.2 Å². The second kappa shape index (κ2) is 4.46. The van der Waals surface area contributed by atoms with Crippen molar-refractivity contribution in [1.29, 1.82) is 0 Å². The number of hydrogen-bond acceptors (Lipinski definition) is 7. The summed E-state index contributed by atoms with van der Waals surface area (Å²) in [5.74, 6) is -2.97. The van der Waals surface area contributed by atoms with Crippen LogP contribution in [-0.2, 0) is 0 Å². The molecule has 82 valence electrons. The molecule has 0 saturated heterocycles. The number of aromatic carboxylic acids is 1. The van der Waals surface area contributed by atoms with Crippen LogP contribution in [-0.4, -0.2) is 26.8 Å². The maximum atomic E-state index is 10.6. The minimum absolute atomic E-state index is 0.344. The molecule has 1 aromatic carbocycles. The van der Waals surface area contributed by atoms with Gasteiger partial charge in [0.15, 0.2) is 0 Å². The Morgan fingerprint density at radius 2 is 1.47 bits per heavy atom. The van der Waals surface area contributed by atoms with Crippen LogP contribution in [0.15, 0.2) is 12.1 Å². The van der Waals surface area contributed by atoms with Crippen molar-refractivity contribution in [3.05, 3.63) is 17.7 Å². The van der Waals surface area contributed by atoms with Gasteiger partial charge in [0.2, 0.25) is 11.5 Å². The zero-order valence-electron chi connectivity index (χ0n) is 7.08. The minimum atomic E-state index is -1.35. The Bertz CT molecular complexity index is 348. The molecule has 0 radical (unpaired) electrons. The largest absolute Gasteiger partial charge is 0.478 e. The fourth-order valence-electron chi connectivity index (χ4n) is 0.926. The van der Waals surface area contributed by atoms with Crippen LogP contribution in [0.2, 0.25) is 0 Å². The monoisotopic (exact) mass is 218 g/mol. The highest BCUT2D eigenvalue weighted by molar-refractivity contribution is 5.89. The topological polar surface area (TPSA) is 126 Å². The van der Waals surface area contributed by atoms with Gasteiger partial charge in [0.05, 0.1) is 5.56 Å². The molecule has 0 fully saturated rings. The van der Waals surface area contributed by atoms with E-state index in [1.807, 2.05) is 0 Å². The number of carbonyl (C=O) groups is 1. The molecule has 0 bridgehead atoms. The summed E-state index contributed by atoms with van der Waals surface area (Å²) in [5.41, 5.74) is -0.344. The number of hydrogen-bond donors (Lipinski definition) is 4. The molecule has 0 amide bonds. The van der Waals surface area contributed by atoms with Crippen LogP contribution in [0, 0.1) is 0 Å². The van der Waals surface area contributed by atoms with Crippen molar-refractivity contribution in [2.75, 3.05) is 0 Å². The molecule has 1 aromatic rings. The molecule has 8 heteroatoms. The van der Waals surface area contributed by atoms with E-state index in [-0.39, 0.29) is 5.56 Å². The molecular weight excluding hydrogens is 212 g/mol. The van der Waals surface area contributed by atoms with Gasteiger partial charge in [0.25, 0.3) is 5.75 Å². The summed E-state index contributed by atoms with van der Waals surface area (Å²) >= 11 is 0. The number of rotatable bonds is 4. The average Bonchev–Trinajstić information content (AvgIpc) is 2.26. The fraction of sp³-hybridized carbons (Fsp3) is 0. The Balaban J connectivity index is 3.35. The Morgan fingerprint density at radius 3 is 1.73 bits per heavy atom. The first-order valence-corrected chi connectivity index (χ1v) is 3.49.